The number of amides is 5. The number of aromatic nitrogens is 4. The molecule has 1 aliphatic heterocycles. The Kier molecular flexibility index (Phi) is 10.5. The van der Waals surface area contributed by atoms with E-state index in [0.29, 0.717) is 31.1 Å². The third-order valence-corrected chi connectivity index (χ3v) is 8.60. The number of aryl methyl sites for hydroxylation is 1. The summed E-state index contributed by atoms with van der Waals surface area (Å²) in [5.74, 6) is -2.78. The number of benzene rings is 3. The number of nitrogens with zero attached hydrogens (tertiary/aromatic N) is 6. The number of anilines is 4. The number of nitrogens with one attached hydrogen (secondary N) is 3. The molecule has 2 heterocycles. The average Bonchev–Trinajstić information content (AvgIpc) is 3.61. The number of hydrogen-bond acceptors (Lipinski definition) is 9. The van der Waals surface area contributed by atoms with Crippen molar-refractivity contribution < 1.29 is 28.7 Å². The fourth-order valence-corrected chi connectivity index (χ4v) is 5.81. The number of hydrogen-bond donors (Lipinski definition) is 3. The second kappa shape index (κ2) is 15.2. The van der Waals surface area contributed by atoms with Gasteiger partial charge in [-0.25, -0.2) is 9.59 Å². The quantitative estimate of drug-likeness (QED) is 0.140. The monoisotopic (exact) mass is 727 g/mol. The minimum atomic E-state index is -1.14. The molecule has 1 aromatic heterocycles. The van der Waals surface area contributed by atoms with Gasteiger partial charge in [0.05, 0.1) is 28.3 Å². The Hall–Kier alpha value is -5.83. The number of halogens is 1. The van der Waals surface area contributed by atoms with Crippen LogP contribution in [0.5, 0.6) is 0 Å². The van der Waals surface area contributed by atoms with Crippen LogP contribution in [-0.4, -0.2) is 80.1 Å². The minimum absolute atomic E-state index is 0.0200. The van der Waals surface area contributed by atoms with Crippen LogP contribution in [0.2, 0.25) is 5.02 Å². The van der Waals surface area contributed by atoms with E-state index >= 15 is 0 Å². The normalized spacial score (nSPS) is 14.3. The molecule has 6 rings (SSSR count). The van der Waals surface area contributed by atoms with Gasteiger partial charge in [-0.3, -0.25) is 19.3 Å². The lowest BCUT2D eigenvalue weighted by Crippen LogP contribution is -2.33. The zero-order valence-corrected chi connectivity index (χ0v) is 29.6. The second-order valence-electron chi connectivity index (χ2n) is 13.6. The van der Waals surface area contributed by atoms with E-state index in [0.717, 1.165) is 17.8 Å². The first-order valence-electron chi connectivity index (χ1n) is 16.8. The van der Waals surface area contributed by atoms with Gasteiger partial charge in [-0.05, 0) is 104 Å². The summed E-state index contributed by atoms with van der Waals surface area (Å²) < 4.78 is 6.83. The number of carbonyl (C=O) groups excluding carboxylic acids is 5. The maximum atomic E-state index is 13.3. The fourth-order valence-electron chi connectivity index (χ4n) is 5.64. The van der Waals surface area contributed by atoms with Gasteiger partial charge in [-0.1, -0.05) is 29.8 Å². The number of carbonyl (C=O) groups is 5. The van der Waals surface area contributed by atoms with E-state index in [1.807, 2.05) is 29.2 Å². The molecule has 0 unspecified atom stereocenters. The number of ether oxygens (including phenoxy) is 1. The maximum Gasteiger partial charge on any atom is 0.340 e. The summed E-state index contributed by atoms with van der Waals surface area (Å²) in [6.07, 6.45) is 4.12. The van der Waals surface area contributed by atoms with Gasteiger partial charge in [0.15, 0.2) is 0 Å². The molecular weight excluding hydrogens is 690 g/mol. The summed E-state index contributed by atoms with van der Waals surface area (Å²) in [6, 6.07) is 16.5. The maximum absolute atomic E-state index is 13.3. The summed E-state index contributed by atoms with van der Waals surface area (Å²) >= 11 is 6.15. The van der Waals surface area contributed by atoms with Gasteiger partial charge in [0, 0.05) is 36.8 Å². The van der Waals surface area contributed by atoms with Gasteiger partial charge in [-0.15, -0.1) is 5.10 Å². The first-order valence-corrected chi connectivity index (χ1v) is 17.2. The van der Waals surface area contributed by atoms with Gasteiger partial charge in [0.25, 0.3) is 0 Å². The van der Waals surface area contributed by atoms with E-state index in [2.05, 4.69) is 31.5 Å². The average molecular weight is 728 g/mol. The van der Waals surface area contributed by atoms with Crippen LogP contribution < -0.4 is 20.9 Å². The van der Waals surface area contributed by atoms with Gasteiger partial charge < -0.3 is 25.6 Å². The van der Waals surface area contributed by atoms with Crippen molar-refractivity contribution in [2.45, 2.75) is 52.1 Å². The predicted octanol–water partition coefficient (Wildman–Crippen LogP) is 5.07. The molecule has 4 aromatic rings. The van der Waals surface area contributed by atoms with Gasteiger partial charge in [-0.2, -0.15) is 4.68 Å². The summed E-state index contributed by atoms with van der Waals surface area (Å²) in [4.78, 5) is 69.5. The van der Waals surface area contributed by atoms with E-state index < -0.39 is 29.3 Å². The topological polar surface area (TPSA) is 181 Å². The van der Waals surface area contributed by atoms with Crippen LogP contribution in [0.3, 0.4) is 0 Å². The molecule has 15 nitrogen and oxygen atoms in total. The van der Waals surface area contributed by atoms with E-state index in [4.69, 9.17) is 16.3 Å². The highest BCUT2D eigenvalue weighted by molar-refractivity contribution is 6.44. The van der Waals surface area contributed by atoms with Crippen LogP contribution in [-0.2, 0) is 25.5 Å². The lowest BCUT2D eigenvalue weighted by Gasteiger charge is -2.22. The molecule has 2 fully saturated rings. The number of para-hydroxylation sites is 1. The molecule has 16 heteroatoms. The van der Waals surface area contributed by atoms with Crippen molar-refractivity contribution in [3.63, 3.8) is 0 Å². The minimum Gasteiger partial charge on any atom is -0.456 e. The SMILES string of the molecule is CC(C)(C)OC(=O)c1cccc(NC(=O)CCc2ccc(N3CCN(CC4CC4)C3=O)cc2)c1NC(=O)C(=O)Nc1cc(Cl)ccc1-n1cnnn1. The molecule has 3 aromatic carbocycles. The zero-order valence-electron chi connectivity index (χ0n) is 28.9. The van der Waals surface area contributed by atoms with Crippen LogP contribution in [0.4, 0.5) is 27.5 Å². The van der Waals surface area contributed by atoms with Crippen LogP contribution in [0.25, 0.3) is 5.69 Å². The molecule has 5 amide bonds. The number of tetrazole rings is 1. The summed E-state index contributed by atoms with van der Waals surface area (Å²) in [5, 5.41) is 19.0. The molecule has 52 heavy (non-hydrogen) atoms. The van der Waals surface area contributed by atoms with Crippen molar-refractivity contribution in [1.82, 2.24) is 25.1 Å². The lowest BCUT2D eigenvalue weighted by molar-refractivity contribution is -0.133. The highest BCUT2D eigenvalue weighted by atomic mass is 35.5. The molecule has 1 aliphatic carbocycles. The molecule has 0 spiro atoms. The fraction of sp³-hybridized carbons (Fsp3) is 0.333. The van der Waals surface area contributed by atoms with Crippen molar-refractivity contribution in [3.8, 4) is 5.69 Å². The number of esters is 1. The molecule has 2 aliphatic rings. The first-order chi connectivity index (χ1) is 24.8. The Labute approximate surface area is 304 Å². The summed E-state index contributed by atoms with van der Waals surface area (Å²) in [6.45, 7) is 7.23. The van der Waals surface area contributed by atoms with E-state index in [1.54, 1.807) is 37.8 Å². The number of urea groups is 1. The molecule has 270 valence electrons. The summed E-state index contributed by atoms with van der Waals surface area (Å²) in [5.41, 5.74) is 1.20. The van der Waals surface area contributed by atoms with Crippen molar-refractivity contribution in [3.05, 3.63) is 83.1 Å². The van der Waals surface area contributed by atoms with Gasteiger partial charge >= 0.3 is 23.8 Å². The molecular formula is C36H38ClN9O6. The Bertz CT molecular complexity index is 1990. The van der Waals surface area contributed by atoms with Crippen LogP contribution in [0.1, 0.15) is 56.0 Å². The molecule has 0 radical (unpaired) electrons. The smallest absolute Gasteiger partial charge is 0.340 e. The molecule has 1 saturated carbocycles. The van der Waals surface area contributed by atoms with Crippen LogP contribution >= 0.6 is 11.6 Å². The van der Waals surface area contributed by atoms with Crippen LogP contribution in [0.15, 0.2) is 67.0 Å². The molecule has 1 saturated heterocycles. The first kappa shape index (κ1) is 36.0. The molecule has 0 atom stereocenters. The molecule has 3 N–H and O–H groups in total. The van der Waals surface area contributed by atoms with Gasteiger partial charge in [0.1, 0.15) is 11.9 Å². The standard InChI is InChI=1S/C36H38ClN9O6/c1-36(2,3)52-34(50)26-5-4-6-27(31(26)41-33(49)32(48)40-28-19-24(37)12-15-29(28)46-21-38-42-43-46)39-30(47)16-11-22-9-13-25(14-10-22)45-18-17-44(35(45)51)20-23-7-8-23/h4-6,9-10,12-15,19,21,23H,7-8,11,16-18,20H2,1-3H3,(H,39,47)(H,40,48)(H,41,49). The summed E-state index contributed by atoms with van der Waals surface area (Å²) in [7, 11) is 0. The van der Waals surface area contributed by atoms with Crippen molar-refractivity contribution in [1.29, 1.82) is 0 Å². The Morgan fingerprint density at radius 2 is 1.67 bits per heavy atom. The lowest BCUT2D eigenvalue weighted by atomic mass is 10.1. The van der Waals surface area contributed by atoms with Gasteiger partial charge in [0.2, 0.25) is 5.91 Å². The zero-order chi connectivity index (χ0) is 37.0. The third kappa shape index (κ3) is 8.90. The van der Waals surface area contributed by atoms with Crippen molar-refractivity contribution >= 4 is 64.1 Å². The molecule has 0 bridgehead atoms. The van der Waals surface area contributed by atoms with E-state index in [-0.39, 0.29) is 40.1 Å². The van der Waals surface area contributed by atoms with Crippen LogP contribution in [0, 0.1) is 5.92 Å². The van der Waals surface area contributed by atoms with E-state index in [1.165, 1.54) is 48.1 Å². The third-order valence-electron chi connectivity index (χ3n) is 8.36. The van der Waals surface area contributed by atoms with Crippen molar-refractivity contribution in [2.24, 2.45) is 5.92 Å². The largest absolute Gasteiger partial charge is 0.456 e. The van der Waals surface area contributed by atoms with Crippen molar-refractivity contribution in [2.75, 3.05) is 40.5 Å². The second-order valence-corrected chi connectivity index (χ2v) is 14.0. The van der Waals surface area contributed by atoms with E-state index in [9.17, 15) is 24.0 Å². The predicted molar refractivity (Wildman–Crippen MR) is 193 cm³/mol. The Morgan fingerprint density at radius 1 is 0.923 bits per heavy atom. The highest BCUT2D eigenvalue weighted by Gasteiger charge is 2.34. The Balaban J connectivity index is 1.14. The highest BCUT2D eigenvalue weighted by Crippen LogP contribution is 2.32. The number of rotatable bonds is 11. The Morgan fingerprint density at radius 3 is 2.37 bits per heavy atom.